The van der Waals surface area contributed by atoms with Crippen LogP contribution in [0.1, 0.15) is 16.7 Å². The highest BCUT2D eigenvalue weighted by Gasteiger charge is 2.34. The average molecular weight is 625 g/mol. The van der Waals surface area contributed by atoms with Gasteiger partial charge in [0, 0.05) is 30.1 Å². The van der Waals surface area contributed by atoms with E-state index in [2.05, 4.69) is 5.32 Å². The monoisotopic (exact) mass is 623 g/mol. The Bertz CT molecular complexity index is 1630. The molecule has 0 bridgehead atoms. The number of amides is 2. The summed E-state index contributed by atoms with van der Waals surface area (Å²) in [6, 6.07) is 28.1. The van der Waals surface area contributed by atoms with Gasteiger partial charge in [-0.15, -0.1) is 0 Å². The standard InChI is InChI=1S/C32H31Cl2N3O4S/c1-23-11-13-25(14-12-23)21-36(30(32(39)35-2)19-24-7-4-3-5-8-24)31(38)22-37(28-10-6-9-27(34)20-28)42(40,41)29-17-15-26(33)16-18-29/h3-18,20,30H,19,21-22H2,1-2H3,(H,35,39). The molecule has 0 aliphatic rings. The SMILES string of the molecule is CNC(=O)C(Cc1ccccc1)N(Cc1ccc(C)cc1)C(=O)CN(c1cccc(Cl)c1)S(=O)(=O)c1ccc(Cl)cc1. The Labute approximate surface area is 256 Å². The van der Waals surface area contributed by atoms with E-state index in [0.717, 1.165) is 21.0 Å². The number of benzene rings is 4. The van der Waals surface area contributed by atoms with E-state index in [9.17, 15) is 18.0 Å². The van der Waals surface area contributed by atoms with E-state index in [0.29, 0.717) is 10.0 Å². The zero-order chi connectivity index (χ0) is 30.3. The van der Waals surface area contributed by atoms with Crippen molar-refractivity contribution in [2.24, 2.45) is 0 Å². The van der Waals surface area contributed by atoms with Crippen molar-refractivity contribution >= 4 is 50.7 Å². The van der Waals surface area contributed by atoms with Gasteiger partial charge in [-0.1, -0.05) is 89.4 Å². The van der Waals surface area contributed by atoms with Gasteiger partial charge in [0.25, 0.3) is 10.0 Å². The van der Waals surface area contributed by atoms with Gasteiger partial charge in [-0.05, 0) is 60.5 Å². The first kappa shape index (κ1) is 31.1. The first-order valence-electron chi connectivity index (χ1n) is 13.2. The smallest absolute Gasteiger partial charge is 0.264 e. The normalized spacial score (nSPS) is 11.9. The van der Waals surface area contributed by atoms with Crippen molar-refractivity contribution < 1.29 is 18.0 Å². The Kier molecular flexibility index (Phi) is 10.3. The molecule has 4 aromatic carbocycles. The van der Waals surface area contributed by atoms with Gasteiger partial charge in [0.05, 0.1) is 10.6 Å². The van der Waals surface area contributed by atoms with Gasteiger partial charge in [0.15, 0.2) is 0 Å². The molecule has 42 heavy (non-hydrogen) atoms. The Morgan fingerprint density at radius 3 is 2.10 bits per heavy atom. The van der Waals surface area contributed by atoms with Crippen LogP contribution in [0.3, 0.4) is 0 Å². The lowest BCUT2D eigenvalue weighted by Gasteiger charge is -2.33. The van der Waals surface area contributed by atoms with E-state index in [1.54, 1.807) is 18.2 Å². The molecule has 0 saturated heterocycles. The quantitative estimate of drug-likeness (QED) is 0.226. The maximum Gasteiger partial charge on any atom is 0.264 e. The Morgan fingerprint density at radius 1 is 0.810 bits per heavy atom. The number of hydrogen-bond acceptors (Lipinski definition) is 4. The first-order chi connectivity index (χ1) is 20.1. The molecule has 0 aliphatic heterocycles. The van der Waals surface area contributed by atoms with Crippen molar-refractivity contribution in [2.75, 3.05) is 17.9 Å². The van der Waals surface area contributed by atoms with E-state index in [1.165, 1.54) is 42.3 Å². The number of anilines is 1. The van der Waals surface area contributed by atoms with E-state index < -0.39 is 28.5 Å². The highest BCUT2D eigenvalue weighted by atomic mass is 35.5. The van der Waals surface area contributed by atoms with Crippen LogP contribution in [0.15, 0.2) is 108 Å². The van der Waals surface area contributed by atoms with Gasteiger partial charge in [0.1, 0.15) is 12.6 Å². The van der Waals surface area contributed by atoms with Gasteiger partial charge in [-0.2, -0.15) is 0 Å². The van der Waals surface area contributed by atoms with Gasteiger partial charge in [-0.25, -0.2) is 8.42 Å². The minimum atomic E-state index is -4.24. The van der Waals surface area contributed by atoms with Crippen LogP contribution >= 0.6 is 23.2 Å². The zero-order valence-electron chi connectivity index (χ0n) is 23.2. The van der Waals surface area contributed by atoms with E-state index in [4.69, 9.17) is 23.2 Å². The summed E-state index contributed by atoms with van der Waals surface area (Å²) in [6.45, 7) is 1.48. The number of rotatable bonds is 11. The predicted octanol–water partition coefficient (Wildman–Crippen LogP) is 5.88. The Balaban J connectivity index is 1.78. The van der Waals surface area contributed by atoms with E-state index in [1.807, 2.05) is 61.5 Å². The molecule has 0 aliphatic carbocycles. The molecule has 218 valence electrons. The van der Waals surface area contributed by atoms with Crippen molar-refractivity contribution in [1.82, 2.24) is 10.2 Å². The second kappa shape index (κ2) is 13.9. The molecular formula is C32H31Cl2N3O4S. The molecule has 0 heterocycles. The largest absolute Gasteiger partial charge is 0.357 e. The lowest BCUT2D eigenvalue weighted by atomic mass is 10.0. The average Bonchev–Trinajstić information content (AvgIpc) is 2.98. The first-order valence-corrected chi connectivity index (χ1v) is 15.4. The summed E-state index contributed by atoms with van der Waals surface area (Å²) in [5.41, 5.74) is 2.91. The van der Waals surface area contributed by atoms with Crippen molar-refractivity contribution in [1.29, 1.82) is 0 Å². The van der Waals surface area contributed by atoms with Crippen LogP contribution in [0.25, 0.3) is 0 Å². The highest BCUT2D eigenvalue weighted by molar-refractivity contribution is 7.92. The zero-order valence-corrected chi connectivity index (χ0v) is 25.5. The maximum absolute atomic E-state index is 14.3. The summed E-state index contributed by atoms with van der Waals surface area (Å²) >= 11 is 12.3. The minimum Gasteiger partial charge on any atom is -0.357 e. The predicted molar refractivity (Wildman–Crippen MR) is 167 cm³/mol. The molecule has 2 amide bonds. The fraction of sp³-hybridized carbons (Fsp3) is 0.188. The molecule has 4 rings (SSSR count). The summed E-state index contributed by atoms with van der Waals surface area (Å²) in [6.07, 6.45) is 0.235. The van der Waals surface area contributed by atoms with Crippen LogP contribution in [0.2, 0.25) is 10.0 Å². The molecule has 0 saturated carbocycles. The third kappa shape index (κ3) is 7.70. The molecule has 0 aromatic heterocycles. The summed E-state index contributed by atoms with van der Waals surface area (Å²) in [5, 5.41) is 3.35. The van der Waals surface area contributed by atoms with Crippen LogP contribution in [0.4, 0.5) is 5.69 Å². The van der Waals surface area contributed by atoms with Crippen molar-refractivity contribution in [2.45, 2.75) is 30.8 Å². The van der Waals surface area contributed by atoms with Gasteiger partial charge >= 0.3 is 0 Å². The van der Waals surface area contributed by atoms with Crippen molar-refractivity contribution in [3.05, 3.63) is 130 Å². The number of halogens is 2. The summed E-state index contributed by atoms with van der Waals surface area (Å²) < 4.78 is 28.9. The van der Waals surface area contributed by atoms with Gasteiger partial charge < -0.3 is 10.2 Å². The molecule has 1 N–H and O–H groups in total. The molecule has 4 aromatic rings. The molecule has 1 atom stereocenters. The number of hydrogen-bond donors (Lipinski definition) is 1. The van der Waals surface area contributed by atoms with Crippen LogP contribution in [0, 0.1) is 6.92 Å². The fourth-order valence-corrected chi connectivity index (χ4v) is 6.22. The van der Waals surface area contributed by atoms with Gasteiger partial charge in [0.2, 0.25) is 11.8 Å². The van der Waals surface area contributed by atoms with Crippen molar-refractivity contribution in [3.8, 4) is 0 Å². The third-order valence-electron chi connectivity index (χ3n) is 6.77. The molecule has 0 radical (unpaired) electrons. The second-order valence-corrected chi connectivity index (χ2v) is 12.5. The van der Waals surface area contributed by atoms with Gasteiger partial charge in [-0.3, -0.25) is 13.9 Å². The summed E-state index contributed by atoms with van der Waals surface area (Å²) in [5.74, 6) is -0.924. The summed E-state index contributed by atoms with van der Waals surface area (Å²) in [4.78, 5) is 28.9. The molecule has 7 nitrogen and oxygen atoms in total. The van der Waals surface area contributed by atoms with Crippen LogP contribution in [0.5, 0.6) is 0 Å². The third-order valence-corrected chi connectivity index (χ3v) is 9.04. The second-order valence-electron chi connectivity index (χ2n) is 9.77. The number of nitrogens with zero attached hydrogens (tertiary/aromatic N) is 2. The maximum atomic E-state index is 14.3. The fourth-order valence-electron chi connectivity index (χ4n) is 4.50. The number of likely N-dealkylation sites (N-methyl/N-ethyl adjacent to an activating group) is 1. The van der Waals surface area contributed by atoms with Crippen molar-refractivity contribution in [3.63, 3.8) is 0 Å². The van der Waals surface area contributed by atoms with Crippen LogP contribution < -0.4 is 9.62 Å². The minimum absolute atomic E-state index is 0.0445. The Morgan fingerprint density at radius 2 is 1.48 bits per heavy atom. The van der Waals surface area contributed by atoms with Crippen LogP contribution in [-0.2, 0) is 32.6 Å². The van der Waals surface area contributed by atoms with E-state index >= 15 is 0 Å². The lowest BCUT2D eigenvalue weighted by molar-refractivity contribution is -0.139. The number of nitrogens with one attached hydrogen (secondary N) is 1. The lowest BCUT2D eigenvalue weighted by Crippen LogP contribution is -2.53. The van der Waals surface area contributed by atoms with E-state index in [-0.39, 0.29) is 29.5 Å². The number of carbonyl (C=O) groups excluding carboxylic acids is 2. The molecular weight excluding hydrogens is 593 g/mol. The van der Waals surface area contributed by atoms with Crippen LogP contribution in [-0.4, -0.2) is 44.8 Å². The number of carbonyl (C=O) groups is 2. The Hall–Kier alpha value is -3.85. The molecule has 0 fully saturated rings. The topological polar surface area (TPSA) is 86.8 Å². The number of sulfonamides is 1. The highest BCUT2D eigenvalue weighted by Crippen LogP contribution is 2.28. The summed E-state index contributed by atoms with van der Waals surface area (Å²) in [7, 11) is -2.73. The number of aryl methyl sites for hydroxylation is 1. The molecule has 10 heteroatoms. The molecule has 1 unspecified atom stereocenters. The molecule has 0 spiro atoms.